The Morgan fingerprint density at radius 3 is 2.41 bits per heavy atom. The molecule has 160 valence electrons. The lowest BCUT2D eigenvalue weighted by Gasteiger charge is -2.14. The Morgan fingerprint density at radius 1 is 0.969 bits per heavy atom. The van der Waals surface area contributed by atoms with Gasteiger partial charge in [-0.2, -0.15) is 0 Å². The molecule has 4 aromatic rings. The number of anilines is 1. The van der Waals surface area contributed by atoms with E-state index in [4.69, 9.17) is 11.6 Å². The van der Waals surface area contributed by atoms with E-state index in [-0.39, 0.29) is 11.7 Å². The van der Waals surface area contributed by atoms with Crippen molar-refractivity contribution >= 4 is 40.0 Å². The zero-order valence-corrected chi connectivity index (χ0v) is 18.2. The number of carbonyl (C=O) groups is 2. The van der Waals surface area contributed by atoms with E-state index in [1.807, 2.05) is 18.2 Å². The summed E-state index contributed by atoms with van der Waals surface area (Å²) in [6, 6.07) is 19.6. The summed E-state index contributed by atoms with van der Waals surface area (Å²) >= 11 is 6.28. The molecule has 0 aliphatic rings. The van der Waals surface area contributed by atoms with E-state index in [0.29, 0.717) is 44.0 Å². The van der Waals surface area contributed by atoms with Crippen molar-refractivity contribution in [2.45, 2.75) is 0 Å². The summed E-state index contributed by atoms with van der Waals surface area (Å²) in [5.41, 5.74) is 2.96. The average Bonchev–Trinajstić information content (AvgIpc) is 2.79. The summed E-state index contributed by atoms with van der Waals surface area (Å²) < 4.78 is 13.4. The zero-order chi connectivity index (χ0) is 22.8. The number of fused-ring (bicyclic) bond motifs is 1. The quantitative estimate of drug-likeness (QED) is 0.440. The Bertz CT molecular complexity index is 1340. The van der Waals surface area contributed by atoms with Gasteiger partial charge in [-0.3, -0.25) is 9.59 Å². The van der Waals surface area contributed by atoms with Crippen LogP contribution in [0.4, 0.5) is 10.1 Å². The molecule has 0 fully saturated rings. The summed E-state index contributed by atoms with van der Waals surface area (Å²) in [5.74, 6) is -0.956. The van der Waals surface area contributed by atoms with Crippen molar-refractivity contribution < 1.29 is 14.0 Å². The molecule has 0 aliphatic carbocycles. The van der Waals surface area contributed by atoms with E-state index in [2.05, 4.69) is 10.3 Å². The summed E-state index contributed by atoms with van der Waals surface area (Å²) in [4.78, 5) is 31.6. The van der Waals surface area contributed by atoms with Gasteiger partial charge in [-0.25, -0.2) is 9.37 Å². The van der Waals surface area contributed by atoms with Gasteiger partial charge in [0, 0.05) is 30.6 Å². The van der Waals surface area contributed by atoms with Crippen molar-refractivity contribution in [1.82, 2.24) is 9.88 Å². The summed E-state index contributed by atoms with van der Waals surface area (Å²) in [5, 5.41) is 3.78. The number of nitrogens with one attached hydrogen (secondary N) is 1. The predicted molar refractivity (Wildman–Crippen MR) is 125 cm³/mol. The molecule has 1 N–H and O–H groups in total. The van der Waals surface area contributed by atoms with Gasteiger partial charge in [-0.1, -0.05) is 29.8 Å². The number of carbonyl (C=O) groups excluding carboxylic acids is 2. The van der Waals surface area contributed by atoms with E-state index in [9.17, 15) is 14.0 Å². The second kappa shape index (κ2) is 8.77. The molecule has 0 unspecified atom stereocenters. The van der Waals surface area contributed by atoms with Gasteiger partial charge in [0.1, 0.15) is 5.82 Å². The summed E-state index contributed by atoms with van der Waals surface area (Å²) in [6.45, 7) is 0. The highest BCUT2D eigenvalue weighted by molar-refractivity contribution is 6.34. The Balaban J connectivity index is 1.76. The Hall–Kier alpha value is -3.77. The second-order valence-electron chi connectivity index (χ2n) is 7.43. The van der Waals surface area contributed by atoms with Crippen LogP contribution in [0.5, 0.6) is 0 Å². The standard InChI is InChI=1S/C25H19ClFN3O2/c1-30(2)25(32)16-9-12-20(26)23(13-16)29-24(31)19-14-22(15-7-10-17(27)11-8-15)28-21-6-4-3-5-18(19)21/h3-14H,1-2H3,(H,29,31). The van der Waals surface area contributed by atoms with E-state index >= 15 is 0 Å². The monoisotopic (exact) mass is 447 g/mol. The normalized spacial score (nSPS) is 10.8. The van der Waals surface area contributed by atoms with Crippen molar-refractivity contribution in [3.63, 3.8) is 0 Å². The number of hydrogen-bond acceptors (Lipinski definition) is 3. The maximum atomic E-state index is 13.4. The topological polar surface area (TPSA) is 62.3 Å². The molecule has 1 heterocycles. The van der Waals surface area contributed by atoms with Crippen LogP contribution in [-0.2, 0) is 0 Å². The largest absolute Gasteiger partial charge is 0.345 e. The average molecular weight is 448 g/mol. The van der Waals surface area contributed by atoms with Crippen LogP contribution in [0.2, 0.25) is 5.02 Å². The molecule has 32 heavy (non-hydrogen) atoms. The number of para-hydroxylation sites is 1. The molecule has 7 heteroatoms. The van der Waals surface area contributed by atoms with Gasteiger partial charge in [-0.05, 0) is 54.6 Å². The first-order chi connectivity index (χ1) is 15.3. The number of amides is 2. The lowest BCUT2D eigenvalue weighted by atomic mass is 10.0. The molecule has 1 aromatic heterocycles. The predicted octanol–water partition coefficient (Wildman–Crippen LogP) is 5.65. The van der Waals surface area contributed by atoms with Gasteiger partial charge >= 0.3 is 0 Å². The number of nitrogens with zero attached hydrogens (tertiary/aromatic N) is 2. The van der Waals surface area contributed by atoms with Crippen molar-refractivity contribution in [3.8, 4) is 11.3 Å². The third kappa shape index (κ3) is 4.31. The van der Waals surface area contributed by atoms with Crippen LogP contribution in [0.25, 0.3) is 22.2 Å². The second-order valence-corrected chi connectivity index (χ2v) is 7.83. The van der Waals surface area contributed by atoms with Gasteiger partial charge in [-0.15, -0.1) is 0 Å². The highest BCUT2D eigenvalue weighted by Crippen LogP contribution is 2.28. The summed E-state index contributed by atoms with van der Waals surface area (Å²) in [6.07, 6.45) is 0. The first kappa shape index (κ1) is 21.5. The van der Waals surface area contributed by atoms with E-state index in [0.717, 1.165) is 0 Å². The minimum atomic E-state index is -0.400. The molecule has 0 atom stereocenters. The molecule has 0 aliphatic heterocycles. The number of pyridine rings is 1. The number of aromatic nitrogens is 1. The van der Waals surface area contributed by atoms with E-state index in [1.165, 1.54) is 17.0 Å². The van der Waals surface area contributed by atoms with Crippen LogP contribution < -0.4 is 5.32 Å². The molecular formula is C25H19ClFN3O2. The van der Waals surface area contributed by atoms with Crippen LogP contribution in [0.1, 0.15) is 20.7 Å². The van der Waals surface area contributed by atoms with Crippen LogP contribution in [0, 0.1) is 5.82 Å². The smallest absolute Gasteiger partial charge is 0.256 e. The molecule has 0 radical (unpaired) electrons. The lowest BCUT2D eigenvalue weighted by Crippen LogP contribution is -2.22. The molecule has 0 spiro atoms. The van der Waals surface area contributed by atoms with Crippen LogP contribution in [0.3, 0.4) is 0 Å². The summed E-state index contributed by atoms with van der Waals surface area (Å²) in [7, 11) is 3.30. The maximum Gasteiger partial charge on any atom is 0.256 e. The fourth-order valence-corrected chi connectivity index (χ4v) is 3.50. The fraction of sp³-hybridized carbons (Fsp3) is 0.0800. The van der Waals surface area contributed by atoms with E-state index in [1.54, 1.807) is 56.6 Å². The third-order valence-corrected chi connectivity index (χ3v) is 5.30. The van der Waals surface area contributed by atoms with Crippen LogP contribution >= 0.6 is 11.6 Å². The van der Waals surface area contributed by atoms with Crippen LogP contribution in [-0.4, -0.2) is 35.8 Å². The molecule has 5 nitrogen and oxygen atoms in total. The van der Waals surface area contributed by atoms with Gasteiger partial charge in [0.05, 0.1) is 27.5 Å². The molecule has 4 rings (SSSR count). The lowest BCUT2D eigenvalue weighted by molar-refractivity contribution is 0.0827. The minimum Gasteiger partial charge on any atom is -0.345 e. The SMILES string of the molecule is CN(C)C(=O)c1ccc(Cl)c(NC(=O)c2cc(-c3ccc(F)cc3)nc3ccccc23)c1. The van der Waals surface area contributed by atoms with Crippen molar-refractivity contribution in [2.24, 2.45) is 0 Å². The first-order valence-electron chi connectivity index (χ1n) is 9.82. The van der Waals surface area contributed by atoms with Crippen molar-refractivity contribution in [3.05, 3.63) is 94.8 Å². The van der Waals surface area contributed by atoms with Crippen molar-refractivity contribution in [2.75, 3.05) is 19.4 Å². The number of rotatable bonds is 4. The molecule has 2 amide bonds. The highest BCUT2D eigenvalue weighted by Gasteiger charge is 2.17. The number of halogens is 2. The Kier molecular flexibility index (Phi) is 5.88. The molecule has 0 saturated heterocycles. The molecule has 0 saturated carbocycles. The Morgan fingerprint density at radius 2 is 1.69 bits per heavy atom. The minimum absolute atomic E-state index is 0.204. The highest BCUT2D eigenvalue weighted by atomic mass is 35.5. The van der Waals surface area contributed by atoms with Gasteiger partial charge in [0.25, 0.3) is 11.8 Å². The first-order valence-corrected chi connectivity index (χ1v) is 10.2. The molecule has 3 aromatic carbocycles. The van der Waals surface area contributed by atoms with Gasteiger partial charge in [0.2, 0.25) is 0 Å². The molecular weight excluding hydrogens is 429 g/mol. The van der Waals surface area contributed by atoms with Gasteiger partial charge in [0.15, 0.2) is 0 Å². The number of hydrogen-bond donors (Lipinski definition) is 1. The Labute approximate surface area is 189 Å². The van der Waals surface area contributed by atoms with Crippen LogP contribution in [0.15, 0.2) is 72.8 Å². The number of benzene rings is 3. The maximum absolute atomic E-state index is 13.4. The molecule has 0 bridgehead atoms. The van der Waals surface area contributed by atoms with Gasteiger partial charge < -0.3 is 10.2 Å². The third-order valence-electron chi connectivity index (χ3n) is 4.97. The zero-order valence-electron chi connectivity index (χ0n) is 17.4. The fourth-order valence-electron chi connectivity index (χ4n) is 3.33. The van der Waals surface area contributed by atoms with E-state index < -0.39 is 5.91 Å². The van der Waals surface area contributed by atoms with Crippen molar-refractivity contribution in [1.29, 1.82) is 0 Å².